The number of fused-ring (bicyclic) bond motifs is 2. The fourth-order valence-electron chi connectivity index (χ4n) is 2.93. The summed E-state index contributed by atoms with van der Waals surface area (Å²) in [5.41, 5.74) is 1.11. The molecule has 0 aliphatic carbocycles. The van der Waals surface area contributed by atoms with E-state index in [2.05, 4.69) is 0 Å². The lowest BCUT2D eigenvalue weighted by Crippen LogP contribution is -2.26. The molecule has 4 aromatic rings. The van der Waals surface area contributed by atoms with Gasteiger partial charge >= 0.3 is 0 Å². The predicted molar refractivity (Wildman–Crippen MR) is 96.8 cm³/mol. The average Bonchev–Trinajstić information content (AvgIpc) is 2.66. The van der Waals surface area contributed by atoms with Crippen LogP contribution in [0, 0.1) is 10.4 Å². The molecule has 0 atom stereocenters. The van der Waals surface area contributed by atoms with E-state index in [0.29, 0.717) is 35.7 Å². The third kappa shape index (κ3) is 2.93. The van der Waals surface area contributed by atoms with Gasteiger partial charge in [0.05, 0.1) is 10.8 Å². The smallest absolute Gasteiger partial charge is 0.227 e. The number of hydrogen-bond acceptors (Lipinski definition) is 4. The van der Waals surface area contributed by atoms with E-state index >= 15 is 0 Å². The van der Waals surface area contributed by atoms with E-state index in [1.54, 1.807) is 36.4 Å². The summed E-state index contributed by atoms with van der Waals surface area (Å²) in [5, 5.41) is 25.1. The second-order valence-corrected chi connectivity index (χ2v) is 5.74. The van der Waals surface area contributed by atoms with Gasteiger partial charge in [-0.1, -0.05) is 12.1 Å². The molecule has 0 spiro atoms. The van der Waals surface area contributed by atoms with Gasteiger partial charge in [0.1, 0.15) is 24.7 Å². The molecule has 0 amide bonds. The molecule has 6 heteroatoms. The first-order valence-corrected chi connectivity index (χ1v) is 8.21. The third-order valence-corrected chi connectivity index (χ3v) is 4.13. The maximum atomic E-state index is 11.8. The molecule has 0 aliphatic rings. The van der Waals surface area contributed by atoms with Crippen molar-refractivity contribution < 1.29 is 18.9 Å². The van der Waals surface area contributed by atoms with Crippen LogP contribution in [0.2, 0.25) is 0 Å². The van der Waals surface area contributed by atoms with Crippen molar-refractivity contribution in [2.45, 2.75) is 0 Å². The van der Waals surface area contributed by atoms with Crippen LogP contribution in [0.5, 0.6) is 11.5 Å². The topological polar surface area (TPSA) is 72.3 Å². The van der Waals surface area contributed by atoms with Crippen LogP contribution in [-0.2, 0) is 0 Å². The quantitative estimate of drug-likeness (QED) is 0.316. The van der Waals surface area contributed by atoms with Crippen LogP contribution >= 0.6 is 0 Å². The fraction of sp³-hybridized carbons (Fsp3) is 0.100. The summed E-state index contributed by atoms with van der Waals surface area (Å²) in [4.78, 5) is 0. The molecule has 0 bridgehead atoms. The number of rotatable bonds is 5. The Kier molecular flexibility index (Phi) is 4.15. The lowest BCUT2D eigenvalue weighted by atomic mass is 10.2. The van der Waals surface area contributed by atoms with Crippen molar-refractivity contribution in [3.05, 3.63) is 83.5 Å². The summed E-state index contributed by atoms with van der Waals surface area (Å²) < 4.78 is 13.2. The largest absolute Gasteiger partial charge is 0.618 e. The van der Waals surface area contributed by atoms with E-state index in [0.717, 1.165) is 20.2 Å². The van der Waals surface area contributed by atoms with Crippen molar-refractivity contribution in [1.82, 2.24) is 0 Å². The lowest BCUT2D eigenvalue weighted by molar-refractivity contribution is -0.577. The Morgan fingerprint density at radius 1 is 0.615 bits per heavy atom. The van der Waals surface area contributed by atoms with E-state index in [-0.39, 0.29) is 0 Å². The summed E-state index contributed by atoms with van der Waals surface area (Å²) in [6, 6.07) is 17.8. The molecule has 2 aromatic heterocycles. The summed E-state index contributed by atoms with van der Waals surface area (Å²) >= 11 is 0. The standard InChI is InChI=1S/C20H16N2O4/c23-21-11-3-5-15-17(21)7-1-9-19(15)25-13-14-26-20-10-2-8-18-16(20)6-4-12-22(18)24/h1-12H,13-14H2. The van der Waals surface area contributed by atoms with Gasteiger partial charge in [-0.25, -0.2) is 0 Å². The van der Waals surface area contributed by atoms with Gasteiger partial charge in [-0.3, -0.25) is 0 Å². The van der Waals surface area contributed by atoms with Crippen LogP contribution in [0.25, 0.3) is 21.8 Å². The lowest BCUT2D eigenvalue weighted by Gasteiger charge is -2.11. The molecular formula is C20H16N2O4. The van der Waals surface area contributed by atoms with Crippen molar-refractivity contribution in [1.29, 1.82) is 0 Å². The normalized spacial score (nSPS) is 10.9. The van der Waals surface area contributed by atoms with E-state index in [9.17, 15) is 10.4 Å². The van der Waals surface area contributed by atoms with Gasteiger partial charge in [0, 0.05) is 24.3 Å². The van der Waals surface area contributed by atoms with E-state index in [1.807, 2.05) is 24.3 Å². The highest BCUT2D eigenvalue weighted by molar-refractivity contribution is 5.83. The zero-order valence-electron chi connectivity index (χ0n) is 13.9. The number of nitrogens with zero attached hydrogens (tertiary/aromatic N) is 2. The van der Waals surface area contributed by atoms with Gasteiger partial charge in [-0.2, -0.15) is 9.46 Å². The van der Waals surface area contributed by atoms with Crippen molar-refractivity contribution in [3.8, 4) is 11.5 Å². The summed E-state index contributed by atoms with van der Waals surface area (Å²) in [7, 11) is 0. The van der Waals surface area contributed by atoms with Crippen molar-refractivity contribution in [3.63, 3.8) is 0 Å². The Morgan fingerprint density at radius 3 is 1.54 bits per heavy atom. The molecule has 0 aliphatic heterocycles. The minimum absolute atomic E-state index is 0.313. The summed E-state index contributed by atoms with van der Waals surface area (Å²) in [5.74, 6) is 1.26. The Hall–Kier alpha value is -3.54. The zero-order chi connectivity index (χ0) is 17.9. The van der Waals surface area contributed by atoms with E-state index < -0.39 is 0 Å². The van der Waals surface area contributed by atoms with Gasteiger partial charge in [0.25, 0.3) is 0 Å². The molecule has 2 heterocycles. The van der Waals surface area contributed by atoms with Crippen LogP contribution in [0.4, 0.5) is 0 Å². The minimum atomic E-state index is 0.313. The molecule has 0 saturated carbocycles. The van der Waals surface area contributed by atoms with Gasteiger partial charge in [0.15, 0.2) is 12.4 Å². The molecule has 130 valence electrons. The zero-order valence-corrected chi connectivity index (χ0v) is 13.9. The highest BCUT2D eigenvalue weighted by atomic mass is 16.5. The van der Waals surface area contributed by atoms with Crippen LogP contribution in [0.15, 0.2) is 73.1 Å². The molecule has 2 aromatic carbocycles. The molecule has 0 saturated heterocycles. The van der Waals surface area contributed by atoms with Gasteiger partial charge in [-0.05, 0) is 24.3 Å². The molecule has 0 radical (unpaired) electrons. The molecule has 26 heavy (non-hydrogen) atoms. The third-order valence-electron chi connectivity index (χ3n) is 4.13. The summed E-state index contributed by atoms with van der Waals surface area (Å²) in [6.07, 6.45) is 2.91. The van der Waals surface area contributed by atoms with Gasteiger partial charge < -0.3 is 19.9 Å². The number of aromatic nitrogens is 2. The minimum Gasteiger partial charge on any atom is -0.618 e. The molecule has 0 N–H and O–H groups in total. The average molecular weight is 348 g/mol. The van der Waals surface area contributed by atoms with Crippen molar-refractivity contribution >= 4 is 21.8 Å². The molecule has 6 nitrogen and oxygen atoms in total. The van der Waals surface area contributed by atoms with Crippen LogP contribution in [-0.4, -0.2) is 13.2 Å². The highest BCUT2D eigenvalue weighted by Gasteiger charge is 2.10. The Bertz CT molecular complexity index is 994. The number of ether oxygens (including phenoxy) is 2. The van der Waals surface area contributed by atoms with Gasteiger partial charge in [0.2, 0.25) is 11.0 Å². The van der Waals surface area contributed by atoms with E-state index in [1.165, 1.54) is 12.4 Å². The second kappa shape index (κ2) is 6.76. The Labute approximate surface area is 149 Å². The Morgan fingerprint density at radius 2 is 1.08 bits per heavy atom. The molecule has 0 unspecified atom stereocenters. The van der Waals surface area contributed by atoms with Gasteiger partial charge in [-0.15, -0.1) is 0 Å². The first-order valence-electron chi connectivity index (χ1n) is 8.21. The fourth-order valence-corrected chi connectivity index (χ4v) is 2.93. The van der Waals surface area contributed by atoms with Crippen LogP contribution < -0.4 is 18.9 Å². The highest BCUT2D eigenvalue weighted by Crippen LogP contribution is 2.24. The van der Waals surface area contributed by atoms with E-state index in [4.69, 9.17) is 9.47 Å². The monoisotopic (exact) mass is 348 g/mol. The summed E-state index contributed by atoms with van der Waals surface area (Å²) in [6.45, 7) is 0.626. The van der Waals surface area contributed by atoms with Crippen molar-refractivity contribution in [2.75, 3.05) is 13.2 Å². The number of hydrogen-bond donors (Lipinski definition) is 0. The predicted octanol–water partition coefficient (Wildman–Crippen LogP) is 2.72. The number of benzene rings is 2. The first kappa shape index (κ1) is 16.0. The molecular weight excluding hydrogens is 332 g/mol. The maximum Gasteiger partial charge on any atom is 0.227 e. The van der Waals surface area contributed by atoms with Crippen LogP contribution in [0.3, 0.4) is 0 Å². The second-order valence-electron chi connectivity index (χ2n) is 5.74. The number of pyridine rings is 2. The molecule has 4 rings (SSSR count). The SMILES string of the molecule is [O-][n+]1cccc2c(OCCOc3cccc4c3ccc[n+]4[O-])cccc21. The maximum absolute atomic E-state index is 11.8. The van der Waals surface area contributed by atoms with Crippen LogP contribution in [0.1, 0.15) is 0 Å². The van der Waals surface area contributed by atoms with Crippen molar-refractivity contribution in [2.24, 2.45) is 0 Å². The Balaban J connectivity index is 1.47. The molecule has 0 fully saturated rings. The first-order chi connectivity index (χ1) is 12.7.